The van der Waals surface area contributed by atoms with Crippen LogP contribution >= 0.6 is 12.2 Å². The second-order valence-corrected chi connectivity index (χ2v) is 6.28. The fourth-order valence-corrected chi connectivity index (χ4v) is 2.75. The number of carbonyl (C=O) groups excluding carboxylic acids is 2. The highest BCUT2D eigenvalue weighted by Crippen LogP contribution is 2.22. The first-order valence-corrected chi connectivity index (χ1v) is 8.41. The van der Waals surface area contributed by atoms with Crippen molar-refractivity contribution in [1.82, 2.24) is 10.2 Å². The number of para-hydroxylation sites is 1. The molecular formula is C17H23N3O2S. The summed E-state index contributed by atoms with van der Waals surface area (Å²) in [5, 5.41) is 5.75. The molecule has 1 saturated heterocycles. The Hall–Kier alpha value is -1.95. The second kappa shape index (κ2) is 8.06. The molecule has 2 rings (SSSR count). The molecule has 1 heterocycles. The number of likely N-dealkylation sites (tertiary alicyclic amines) is 1. The van der Waals surface area contributed by atoms with Crippen LogP contribution in [0.25, 0.3) is 0 Å². The van der Waals surface area contributed by atoms with Crippen LogP contribution < -0.4 is 10.6 Å². The molecule has 0 bridgehead atoms. The quantitative estimate of drug-likeness (QED) is 0.835. The third-order valence-corrected chi connectivity index (χ3v) is 4.25. The Morgan fingerprint density at radius 2 is 1.91 bits per heavy atom. The minimum Gasteiger partial charge on any atom is -0.339 e. The molecule has 1 aliphatic heterocycles. The van der Waals surface area contributed by atoms with E-state index in [1.54, 1.807) is 19.1 Å². The van der Waals surface area contributed by atoms with E-state index in [1.165, 1.54) is 0 Å². The van der Waals surface area contributed by atoms with E-state index in [-0.39, 0.29) is 16.9 Å². The van der Waals surface area contributed by atoms with Crippen molar-refractivity contribution in [3.63, 3.8) is 0 Å². The van der Waals surface area contributed by atoms with Crippen LogP contribution in [0.3, 0.4) is 0 Å². The highest BCUT2D eigenvalue weighted by atomic mass is 32.1. The van der Waals surface area contributed by atoms with Crippen LogP contribution in [0.15, 0.2) is 24.3 Å². The zero-order valence-corrected chi connectivity index (χ0v) is 14.4. The van der Waals surface area contributed by atoms with Gasteiger partial charge in [-0.25, -0.2) is 0 Å². The predicted molar refractivity (Wildman–Crippen MR) is 95.4 cm³/mol. The highest BCUT2D eigenvalue weighted by molar-refractivity contribution is 7.80. The monoisotopic (exact) mass is 333 g/mol. The Morgan fingerprint density at radius 1 is 1.26 bits per heavy atom. The number of hydrogen-bond donors (Lipinski definition) is 2. The van der Waals surface area contributed by atoms with Crippen molar-refractivity contribution in [2.75, 3.05) is 18.4 Å². The maximum Gasteiger partial charge on any atom is 0.255 e. The smallest absolute Gasteiger partial charge is 0.255 e. The standard InChI is InChI=1S/C17H23N3O2S/c1-3-15(21)19-17(23)18-14-7-5-4-6-13(14)16(22)20-10-8-12(2)9-11-20/h4-7,12H,3,8-11H2,1-2H3,(H2,18,19,21,23). The van der Waals surface area contributed by atoms with Crippen molar-refractivity contribution in [1.29, 1.82) is 0 Å². The Kier molecular flexibility index (Phi) is 6.10. The molecule has 0 unspecified atom stereocenters. The fourth-order valence-electron chi connectivity index (χ4n) is 2.53. The third kappa shape index (κ3) is 4.76. The van der Waals surface area contributed by atoms with Crippen LogP contribution in [-0.2, 0) is 4.79 Å². The average molecular weight is 333 g/mol. The molecule has 1 aromatic carbocycles. The van der Waals surface area contributed by atoms with Gasteiger partial charge in [0.25, 0.3) is 5.91 Å². The lowest BCUT2D eigenvalue weighted by molar-refractivity contribution is -0.119. The minimum atomic E-state index is -0.156. The molecule has 0 saturated carbocycles. The van der Waals surface area contributed by atoms with Gasteiger partial charge in [-0.3, -0.25) is 9.59 Å². The van der Waals surface area contributed by atoms with Crippen LogP contribution in [0.5, 0.6) is 0 Å². The molecule has 5 nitrogen and oxygen atoms in total. The lowest BCUT2D eigenvalue weighted by atomic mass is 9.98. The van der Waals surface area contributed by atoms with Gasteiger partial charge in [0.05, 0.1) is 11.3 Å². The summed E-state index contributed by atoms with van der Waals surface area (Å²) >= 11 is 5.13. The molecule has 1 aromatic rings. The molecule has 2 N–H and O–H groups in total. The summed E-state index contributed by atoms with van der Waals surface area (Å²) in [5.74, 6) is 0.519. The normalized spacial score (nSPS) is 15.1. The van der Waals surface area contributed by atoms with E-state index in [9.17, 15) is 9.59 Å². The van der Waals surface area contributed by atoms with Crippen molar-refractivity contribution < 1.29 is 9.59 Å². The van der Waals surface area contributed by atoms with Gasteiger partial charge in [0.2, 0.25) is 5.91 Å². The maximum atomic E-state index is 12.7. The number of piperidine rings is 1. The number of nitrogens with zero attached hydrogens (tertiary/aromatic N) is 1. The van der Waals surface area contributed by atoms with Crippen molar-refractivity contribution in [3.05, 3.63) is 29.8 Å². The van der Waals surface area contributed by atoms with E-state index in [0.29, 0.717) is 23.6 Å². The Morgan fingerprint density at radius 3 is 2.57 bits per heavy atom. The molecule has 0 aliphatic carbocycles. The number of thiocarbonyl (C=S) groups is 1. The number of nitrogens with one attached hydrogen (secondary N) is 2. The van der Waals surface area contributed by atoms with E-state index < -0.39 is 0 Å². The van der Waals surface area contributed by atoms with Crippen molar-refractivity contribution in [3.8, 4) is 0 Å². The van der Waals surface area contributed by atoms with Gasteiger partial charge in [0, 0.05) is 19.5 Å². The van der Waals surface area contributed by atoms with Crippen molar-refractivity contribution in [2.24, 2.45) is 5.92 Å². The maximum absolute atomic E-state index is 12.7. The van der Waals surface area contributed by atoms with E-state index >= 15 is 0 Å². The summed E-state index contributed by atoms with van der Waals surface area (Å²) in [4.78, 5) is 26.0. The second-order valence-electron chi connectivity index (χ2n) is 5.88. The van der Waals surface area contributed by atoms with Gasteiger partial charge in [-0.15, -0.1) is 0 Å². The molecule has 124 valence electrons. The van der Waals surface area contributed by atoms with E-state index in [2.05, 4.69) is 17.6 Å². The largest absolute Gasteiger partial charge is 0.339 e. The SMILES string of the molecule is CCC(=O)NC(=S)Nc1ccccc1C(=O)N1CCC(C)CC1. The molecule has 2 amide bonds. The van der Waals surface area contributed by atoms with Crippen LogP contribution in [0.1, 0.15) is 43.5 Å². The molecule has 0 aromatic heterocycles. The van der Waals surface area contributed by atoms with E-state index in [0.717, 1.165) is 25.9 Å². The molecule has 6 heteroatoms. The van der Waals surface area contributed by atoms with Crippen LogP contribution in [-0.4, -0.2) is 34.9 Å². The number of amides is 2. The first-order chi connectivity index (χ1) is 11.0. The van der Waals surface area contributed by atoms with Crippen molar-refractivity contribution >= 4 is 34.8 Å². The van der Waals surface area contributed by atoms with Crippen LogP contribution in [0, 0.1) is 5.92 Å². The Bertz CT molecular complexity index is 595. The third-order valence-electron chi connectivity index (χ3n) is 4.05. The molecule has 0 spiro atoms. The lowest BCUT2D eigenvalue weighted by Crippen LogP contribution is -2.39. The number of hydrogen-bond acceptors (Lipinski definition) is 3. The van der Waals surface area contributed by atoms with Gasteiger partial charge in [0.1, 0.15) is 0 Å². The summed E-state index contributed by atoms with van der Waals surface area (Å²) in [5.41, 5.74) is 1.20. The number of carbonyl (C=O) groups is 2. The average Bonchev–Trinajstić information content (AvgIpc) is 2.55. The zero-order valence-electron chi connectivity index (χ0n) is 13.6. The number of rotatable bonds is 3. The molecular weight excluding hydrogens is 310 g/mol. The fraction of sp³-hybridized carbons (Fsp3) is 0.471. The number of benzene rings is 1. The highest BCUT2D eigenvalue weighted by Gasteiger charge is 2.23. The van der Waals surface area contributed by atoms with Gasteiger partial charge in [-0.2, -0.15) is 0 Å². The zero-order chi connectivity index (χ0) is 16.8. The molecule has 0 atom stereocenters. The van der Waals surface area contributed by atoms with E-state index in [1.807, 2.05) is 17.0 Å². The minimum absolute atomic E-state index is 0.00428. The first kappa shape index (κ1) is 17.4. The summed E-state index contributed by atoms with van der Waals surface area (Å²) in [6.07, 6.45) is 2.42. The van der Waals surface area contributed by atoms with Gasteiger partial charge in [-0.05, 0) is 43.1 Å². The molecule has 1 aliphatic rings. The van der Waals surface area contributed by atoms with Crippen LogP contribution in [0.2, 0.25) is 0 Å². The van der Waals surface area contributed by atoms with E-state index in [4.69, 9.17) is 12.2 Å². The summed E-state index contributed by atoms with van der Waals surface area (Å²) in [7, 11) is 0. The van der Waals surface area contributed by atoms with Crippen LogP contribution in [0.4, 0.5) is 5.69 Å². The van der Waals surface area contributed by atoms with Gasteiger partial charge < -0.3 is 15.5 Å². The predicted octanol–water partition coefficient (Wildman–Crippen LogP) is 2.78. The molecule has 23 heavy (non-hydrogen) atoms. The molecule has 1 fully saturated rings. The first-order valence-electron chi connectivity index (χ1n) is 8.00. The molecule has 0 radical (unpaired) electrons. The van der Waals surface area contributed by atoms with Gasteiger partial charge in [0.15, 0.2) is 5.11 Å². The van der Waals surface area contributed by atoms with Gasteiger partial charge in [-0.1, -0.05) is 26.0 Å². The summed E-state index contributed by atoms with van der Waals surface area (Å²) in [6.45, 7) is 5.54. The number of anilines is 1. The Labute approximate surface area is 142 Å². The van der Waals surface area contributed by atoms with Crippen molar-refractivity contribution in [2.45, 2.75) is 33.1 Å². The summed E-state index contributed by atoms with van der Waals surface area (Å²) in [6, 6.07) is 7.25. The Balaban J connectivity index is 2.09. The summed E-state index contributed by atoms with van der Waals surface area (Å²) < 4.78 is 0. The van der Waals surface area contributed by atoms with Gasteiger partial charge >= 0.3 is 0 Å². The topological polar surface area (TPSA) is 61.4 Å². The lowest BCUT2D eigenvalue weighted by Gasteiger charge is -2.30.